The van der Waals surface area contributed by atoms with Gasteiger partial charge in [0, 0.05) is 61.4 Å². The fourth-order valence-electron chi connectivity index (χ4n) is 4.82. The van der Waals surface area contributed by atoms with E-state index in [1.807, 2.05) is 58.2 Å². The molecule has 0 radical (unpaired) electrons. The maximum absolute atomic E-state index is 12.5. The van der Waals surface area contributed by atoms with Crippen LogP contribution in [0.15, 0.2) is 66.9 Å². The van der Waals surface area contributed by atoms with Gasteiger partial charge >= 0.3 is 0 Å². The van der Waals surface area contributed by atoms with Crippen molar-refractivity contribution in [2.45, 2.75) is 52.2 Å². The van der Waals surface area contributed by atoms with Crippen molar-refractivity contribution in [1.82, 2.24) is 24.8 Å². The van der Waals surface area contributed by atoms with Gasteiger partial charge in [-0.05, 0) is 73.2 Å². The molecule has 0 atom stereocenters. The highest BCUT2D eigenvalue weighted by molar-refractivity contribution is 6.35. The number of hydrogen-bond donors (Lipinski definition) is 1. The van der Waals surface area contributed by atoms with Crippen molar-refractivity contribution in [3.8, 4) is 0 Å². The highest BCUT2D eigenvalue weighted by atomic mass is 35.5. The molecule has 7 nitrogen and oxygen atoms in total. The Labute approximate surface area is 252 Å². The van der Waals surface area contributed by atoms with Crippen LogP contribution in [0.4, 0.5) is 0 Å². The summed E-state index contributed by atoms with van der Waals surface area (Å²) in [6.45, 7) is 8.59. The van der Waals surface area contributed by atoms with Gasteiger partial charge in [-0.2, -0.15) is 0 Å². The van der Waals surface area contributed by atoms with Crippen LogP contribution in [0.25, 0.3) is 10.8 Å². The minimum atomic E-state index is 0.116. The SMILES string of the molecule is CC(C)n1cc(CCCC(=O)N2CCN(CCc3ccc(Cl)cc3Cl)CC2)nn1.OCc1ccc2ccccc2c1. The average molecular weight is 597 g/mol. The molecule has 0 saturated carbocycles. The van der Waals surface area contributed by atoms with E-state index in [4.69, 9.17) is 28.3 Å². The molecule has 218 valence electrons. The minimum absolute atomic E-state index is 0.116. The molecule has 5 rings (SSSR count). The van der Waals surface area contributed by atoms with Crippen molar-refractivity contribution in [2.24, 2.45) is 0 Å². The Morgan fingerprint density at radius 3 is 2.39 bits per heavy atom. The van der Waals surface area contributed by atoms with Crippen molar-refractivity contribution in [3.63, 3.8) is 0 Å². The van der Waals surface area contributed by atoms with Gasteiger partial charge in [0.15, 0.2) is 0 Å². The summed E-state index contributed by atoms with van der Waals surface area (Å²) in [5.74, 6) is 0.238. The number of aryl methyl sites for hydroxylation is 1. The van der Waals surface area contributed by atoms with Gasteiger partial charge in [-0.3, -0.25) is 9.69 Å². The first-order valence-corrected chi connectivity index (χ1v) is 15.0. The Hall–Kier alpha value is -2.97. The Morgan fingerprint density at radius 1 is 0.951 bits per heavy atom. The summed E-state index contributed by atoms with van der Waals surface area (Å²) in [7, 11) is 0. The quantitative estimate of drug-likeness (QED) is 0.249. The predicted molar refractivity (Wildman–Crippen MR) is 166 cm³/mol. The van der Waals surface area contributed by atoms with E-state index in [2.05, 4.69) is 41.2 Å². The van der Waals surface area contributed by atoms with Crippen molar-refractivity contribution < 1.29 is 9.90 Å². The zero-order chi connectivity index (χ0) is 29.2. The van der Waals surface area contributed by atoms with E-state index in [1.165, 1.54) is 10.8 Å². The number of amides is 1. The number of nitrogens with zero attached hydrogens (tertiary/aromatic N) is 5. The molecule has 1 aliphatic heterocycles. The molecule has 1 amide bonds. The Kier molecular flexibility index (Phi) is 11.6. The molecule has 0 aliphatic carbocycles. The van der Waals surface area contributed by atoms with Gasteiger partial charge in [-0.25, -0.2) is 4.68 Å². The molecule has 1 aromatic heterocycles. The number of aromatic nitrogens is 3. The second-order valence-electron chi connectivity index (χ2n) is 10.7. The summed E-state index contributed by atoms with van der Waals surface area (Å²) >= 11 is 12.2. The molecule has 1 N–H and O–H groups in total. The first kappa shape index (κ1) is 31.0. The molecule has 1 fully saturated rings. The van der Waals surface area contributed by atoms with Crippen LogP contribution in [0.2, 0.25) is 10.0 Å². The monoisotopic (exact) mass is 595 g/mol. The highest BCUT2D eigenvalue weighted by Crippen LogP contribution is 2.22. The molecule has 9 heteroatoms. The number of carbonyl (C=O) groups is 1. The Balaban J connectivity index is 0.000000267. The van der Waals surface area contributed by atoms with Crippen molar-refractivity contribution in [3.05, 3.63) is 93.7 Å². The van der Waals surface area contributed by atoms with E-state index < -0.39 is 0 Å². The smallest absolute Gasteiger partial charge is 0.222 e. The summed E-state index contributed by atoms with van der Waals surface area (Å²) in [5.41, 5.74) is 3.04. The molecule has 1 saturated heterocycles. The Morgan fingerprint density at radius 2 is 1.71 bits per heavy atom. The molecule has 4 aromatic rings. The molecule has 3 aromatic carbocycles. The predicted octanol–water partition coefficient (Wildman–Crippen LogP) is 6.21. The maximum Gasteiger partial charge on any atom is 0.222 e. The second-order valence-corrected chi connectivity index (χ2v) is 11.5. The van der Waals surface area contributed by atoms with Crippen LogP contribution >= 0.6 is 23.2 Å². The number of aliphatic hydroxyl groups excluding tert-OH is 1. The van der Waals surface area contributed by atoms with Gasteiger partial charge < -0.3 is 10.0 Å². The number of aliphatic hydroxyl groups is 1. The Bertz CT molecular complexity index is 1420. The average Bonchev–Trinajstić information content (AvgIpc) is 3.46. The van der Waals surface area contributed by atoms with Gasteiger partial charge in [0.2, 0.25) is 5.91 Å². The van der Waals surface area contributed by atoms with Crippen LogP contribution in [0, 0.1) is 0 Å². The summed E-state index contributed by atoms with van der Waals surface area (Å²) in [4.78, 5) is 16.9. The highest BCUT2D eigenvalue weighted by Gasteiger charge is 2.21. The standard InChI is InChI=1S/C21H29Cl2N5O.C11H10O/c1-16(2)28-15-19(24-25-28)4-3-5-21(29)27-12-10-26(11-13-27)9-8-17-6-7-18(22)14-20(17)23;12-8-9-5-6-10-3-1-2-4-11(10)7-9/h6-7,14-16H,3-5,8-13H2,1-2H3;1-7,12H,8H2. The van der Waals surface area contributed by atoms with E-state index in [1.54, 1.807) is 6.07 Å². The lowest BCUT2D eigenvalue weighted by Gasteiger charge is -2.35. The van der Waals surface area contributed by atoms with Gasteiger partial charge in [-0.1, -0.05) is 70.9 Å². The normalized spacial score (nSPS) is 13.9. The van der Waals surface area contributed by atoms with Crippen LogP contribution < -0.4 is 0 Å². The van der Waals surface area contributed by atoms with Crippen LogP contribution in [-0.4, -0.2) is 68.5 Å². The van der Waals surface area contributed by atoms with Crippen molar-refractivity contribution in [2.75, 3.05) is 32.7 Å². The zero-order valence-electron chi connectivity index (χ0n) is 23.8. The summed E-state index contributed by atoms with van der Waals surface area (Å²) in [6, 6.07) is 20.1. The third-order valence-electron chi connectivity index (χ3n) is 7.34. The van der Waals surface area contributed by atoms with E-state index in [0.717, 1.165) is 73.8 Å². The number of rotatable bonds is 9. The molecule has 0 unspecified atom stereocenters. The fourth-order valence-corrected chi connectivity index (χ4v) is 5.32. The van der Waals surface area contributed by atoms with E-state index in [-0.39, 0.29) is 12.5 Å². The summed E-state index contributed by atoms with van der Waals surface area (Å²) in [6.07, 6.45) is 5.03. The molecule has 41 heavy (non-hydrogen) atoms. The summed E-state index contributed by atoms with van der Waals surface area (Å²) < 4.78 is 1.85. The van der Waals surface area contributed by atoms with Gasteiger partial charge in [0.05, 0.1) is 12.3 Å². The zero-order valence-corrected chi connectivity index (χ0v) is 25.4. The van der Waals surface area contributed by atoms with Crippen LogP contribution in [0.3, 0.4) is 0 Å². The summed E-state index contributed by atoms with van der Waals surface area (Å²) in [5, 5.41) is 21.0. The topological polar surface area (TPSA) is 74.5 Å². The number of piperazine rings is 1. The fraction of sp³-hybridized carbons (Fsp3) is 0.406. The number of benzene rings is 3. The number of carbonyl (C=O) groups excluding carboxylic acids is 1. The molecular formula is C32H39Cl2N5O2. The van der Waals surface area contributed by atoms with Gasteiger partial charge in [-0.15, -0.1) is 5.10 Å². The van der Waals surface area contributed by atoms with Crippen LogP contribution in [-0.2, 0) is 24.2 Å². The lowest BCUT2D eigenvalue weighted by atomic mass is 10.1. The first-order chi connectivity index (χ1) is 19.8. The molecule has 2 heterocycles. The van der Waals surface area contributed by atoms with Gasteiger partial charge in [0.25, 0.3) is 0 Å². The van der Waals surface area contributed by atoms with E-state index in [0.29, 0.717) is 17.5 Å². The van der Waals surface area contributed by atoms with E-state index >= 15 is 0 Å². The molecule has 0 bridgehead atoms. The molecular weight excluding hydrogens is 557 g/mol. The number of hydrogen-bond acceptors (Lipinski definition) is 5. The first-order valence-electron chi connectivity index (χ1n) is 14.3. The maximum atomic E-state index is 12.5. The molecule has 1 aliphatic rings. The van der Waals surface area contributed by atoms with Crippen LogP contribution in [0.5, 0.6) is 0 Å². The lowest BCUT2D eigenvalue weighted by molar-refractivity contribution is -0.133. The van der Waals surface area contributed by atoms with Gasteiger partial charge in [0.1, 0.15) is 0 Å². The third-order valence-corrected chi connectivity index (χ3v) is 7.93. The number of halogens is 2. The lowest BCUT2D eigenvalue weighted by Crippen LogP contribution is -2.49. The van der Waals surface area contributed by atoms with Crippen LogP contribution in [0.1, 0.15) is 49.6 Å². The van der Waals surface area contributed by atoms with E-state index in [9.17, 15) is 4.79 Å². The van der Waals surface area contributed by atoms with Crippen molar-refractivity contribution >= 4 is 39.9 Å². The third kappa shape index (κ3) is 9.27. The van der Waals surface area contributed by atoms with Crippen molar-refractivity contribution in [1.29, 1.82) is 0 Å². The second kappa shape index (κ2) is 15.3. The number of fused-ring (bicyclic) bond motifs is 1. The minimum Gasteiger partial charge on any atom is -0.392 e. The largest absolute Gasteiger partial charge is 0.392 e. The molecule has 0 spiro atoms.